The minimum atomic E-state index is -1.73. The molecule has 4 aliphatic carbocycles. The molecule has 22 heavy (non-hydrogen) atoms. The highest BCUT2D eigenvalue weighted by molar-refractivity contribution is 5.91. The van der Waals surface area contributed by atoms with Crippen LogP contribution in [-0.4, -0.2) is 16.5 Å². The number of ketones is 1. The molecular weight excluding hydrogens is 274 g/mol. The summed E-state index contributed by atoms with van der Waals surface area (Å²) in [5, 5.41) is 11.1. The Bertz CT molecular complexity index is 661. The Kier molecular flexibility index (Phi) is 2.65. The maximum absolute atomic E-state index is 11.7. The Labute approximate surface area is 136 Å². The molecule has 0 amide bonds. The molecule has 3 saturated carbocycles. The van der Waals surface area contributed by atoms with Gasteiger partial charge in [-0.2, -0.15) is 0 Å². The molecule has 0 unspecified atom stereocenters. The SMILES string of the molecule is [2H]C1([2H])C[C@H]2[C@@H]3CCC4=CC(=O)CC[C@@H]4[C@H]3CC[C@]2(C)[C@]1(O)[13C]#[13CH]. The predicted octanol–water partition coefficient (Wildman–Crippen LogP) is 3.49. The normalized spacial score (nSPS) is 54.0. The zero-order valence-electron chi connectivity index (χ0n) is 15.3. The van der Waals surface area contributed by atoms with E-state index in [4.69, 9.17) is 9.16 Å². The van der Waals surface area contributed by atoms with Crippen LogP contribution < -0.4 is 0 Å². The number of hydrogen-bond donors (Lipinski definition) is 1. The number of hydrogen-bond acceptors (Lipinski definition) is 2. The van der Waals surface area contributed by atoms with Crippen molar-refractivity contribution in [2.45, 2.75) is 63.8 Å². The molecule has 4 aliphatic rings. The summed E-state index contributed by atoms with van der Waals surface area (Å²) in [4.78, 5) is 11.7. The van der Waals surface area contributed by atoms with Gasteiger partial charge in [0.05, 0.1) is 0 Å². The molecule has 6 atom stereocenters. The Morgan fingerprint density at radius 2 is 2.14 bits per heavy atom. The fraction of sp³-hybridized carbons (Fsp3) is 0.750. The summed E-state index contributed by atoms with van der Waals surface area (Å²) in [6.45, 7) is 2.01. The summed E-state index contributed by atoms with van der Waals surface area (Å²) in [7, 11) is 0. The van der Waals surface area contributed by atoms with Crippen LogP contribution in [0.5, 0.6) is 0 Å². The molecule has 0 aliphatic heterocycles. The van der Waals surface area contributed by atoms with Crippen molar-refractivity contribution in [2.24, 2.45) is 29.1 Å². The molecule has 0 aromatic heterocycles. The predicted molar refractivity (Wildman–Crippen MR) is 85.9 cm³/mol. The highest BCUT2D eigenvalue weighted by atomic mass is 16.3. The van der Waals surface area contributed by atoms with E-state index < -0.39 is 17.4 Å². The first-order valence-corrected chi connectivity index (χ1v) is 8.67. The first kappa shape index (κ1) is 12.4. The lowest BCUT2D eigenvalue weighted by molar-refractivity contribution is -0.116. The third-order valence-corrected chi connectivity index (χ3v) is 7.30. The van der Waals surface area contributed by atoms with Crippen LogP contribution in [0.3, 0.4) is 0 Å². The van der Waals surface area contributed by atoms with E-state index in [0.29, 0.717) is 30.6 Å². The van der Waals surface area contributed by atoms with Gasteiger partial charge in [0.25, 0.3) is 0 Å². The molecule has 0 heterocycles. The third-order valence-electron chi connectivity index (χ3n) is 7.30. The fourth-order valence-corrected chi connectivity index (χ4v) is 6.00. The van der Waals surface area contributed by atoms with Crippen LogP contribution in [0.4, 0.5) is 0 Å². The molecule has 2 nitrogen and oxygen atoms in total. The Morgan fingerprint density at radius 1 is 1.32 bits per heavy atom. The van der Waals surface area contributed by atoms with Crippen molar-refractivity contribution in [3.63, 3.8) is 0 Å². The molecule has 0 saturated heterocycles. The number of terminal acetylenes is 1. The van der Waals surface area contributed by atoms with Gasteiger partial charge in [-0.3, -0.25) is 4.79 Å². The average Bonchev–Trinajstić information content (AvgIpc) is 2.71. The van der Waals surface area contributed by atoms with Crippen molar-refractivity contribution in [1.29, 1.82) is 0 Å². The lowest BCUT2D eigenvalue weighted by Gasteiger charge is -2.54. The molecule has 0 spiro atoms. The maximum Gasteiger partial charge on any atom is 0.155 e. The summed E-state index contributed by atoms with van der Waals surface area (Å²) in [6.07, 6.45) is 11.4. The van der Waals surface area contributed by atoms with Crippen molar-refractivity contribution in [3.05, 3.63) is 11.6 Å². The quantitative estimate of drug-likeness (QED) is 0.549. The first-order valence-electron chi connectivity index (χ1n) is 9.67. The highest BCUT2D eigenvalue weighted by Crippen LogP contribution is 2.64. The number of allylic oxidation sites excluding steroid dienone is 1. The van der Waals surface area contributed by atoms with Gasteiger partial charge in [0, 0.05) is 14.6 Å². The molecule has 118 valence electrons. The van der Waals surface area contributed by atoms with Crippen molar-refractivity contribution >= 4 is 5.78 Å². The summed E-state index contributed by atoms with van der Waals surface area (Å²) >= 11 is 0. The number of aliphatic hydroxyl groups is 1. The zero-order chi connectivity index (χ0) is 17.3. The molecule has 0 radical (unpaired) electrons. The second-order valence-corrected chi connectivity index (χ2v) is 8.00. The molecule has 4 rings (SSSR count). The standard InChI is InChI=1S/C20H26O2/c1-3-20(22)11-9-18-17-6-4-13-12-14(21)5-7-15(13)16(17)8-10-19(18,20)2/h1,12,15-18,22H,4-11H2,2H3/t15-,16+,17+,18-,19-,20-/m0/s1/i1+1,3+1,11D2. The lowest BCUT2D eigenvalue weighted by Crippen LogP contribution is -2.52. The smallest absolute Gasteiger partial charge is 0.155 e. The molecule has 0 aromatic carbocycles. The second kappa shape index (κ2) is 4.71. The van der Waals surface area contributed by atoms with Crippen molar-refractivity contribution in [1.82, 2.24) is 0 Å². The Morgan fingerprint density at radius 3 is 2.91 bits per heavy atom. The average molecular weight is 302 g/mol. The van der Waals surface area contributed by atoms with Gasteiger partial charge in [0.2, 0.25) is 0 Å². The lowest BCUT2D eigenvalue weighted by atomic mass is 9.51. The van der Waals surface area contributed by atoms with Crippen LogP contribution in [0.2, 0.25) is 0 Å². The Balaban J connectivity index is 1.70. The van der Waals surface area contributed by atoms with Crippen LogP contribution in [0, 0.1) is 41.4 Å². The number of carbonyl (C=O) groups is 1. The molecule has 0 aromatic rings. The maximum atomic E-state index is 11.7. The van der Waals surface area contributed by atoms with Gasteiger partial charge in [-0.15, -0.1) is 6.42 Å². The minimum Gasteiger partial charge on any atom is -0.377 e. The molecular formula is C20H26O2. The topological polar surface area (TPSA) is 37.3 Å². The van der Waals surface area contributed by atoms with Crippen LogP contribution >= 0.6 is 0 Å². The van der Waals surface area contributed by atoms with E-state index in [1.54, 1.807) is 0 Å². The van der Waals surface area contributed by atoms with Crippen LogP contribution in [0.15, 0.2) is 11.6 Å². The van der Waals surface area contributed by atoms with Gasteiger partial charge in [-0.25, -0.2) is 0 Å². The van der Waals surface area contributed by atoms with Gasteiger partial charge in [0.1, 0.15) is 5.60 Å². The fourth-order valence-electron chi connectivity index (χ4n) is 6.00. The van der Waals surface area contributed by atoms with E-state index in [9.17, 15) is 9.90 Å². The van der Waals surface area contributed by atoms with Crippen LogP contribution in [0.1, 0.15) is 61.0 Å². The Hall–Kier alpha value is -1.07. The highest BCUT2D eigenvalue weighted by Gasteiger charge is 2.61. The summed E-state index contributed by atoms with van der Waals surface area (Å²) in [5.41, 5.74) is -0.892. The third kappa shape index (κ3) is 1.75. The minimum absolute atomic E-state index is 0.131. The number of fused-ring (bicyclic) bond motifs is 5. The van der Waals surface area contributed by atoms with Crippen molar-refractivity contribution in [2.75, 3.05) is 0 Å². The largest absolute Gasteiger partial charge is 0.377 e. The summed E-state index contributed by atoms with van der Waals surface area (Å²) < 4.78 is 16.8. The molecule has 1 N–H and O–H groups in total. The van der Waals surface area contributed by atoms with E-state index in [1.165, 1.54) is 5.57 Å². The van der Waals surface area contributed by atoms with Crippen molar-refractivity contribution in [3.8, 4) is 12.3 Å². The molecule has 0 bridgehead atoms. The van der Waals surface area contributed by atoms with E-state index >= 15 is 0 Å². The van der Waals surface area contributed by atoms with Crippen molar-refractivity contribution < 1.29 is 12.6 Å². The van der Waals surface area contributed by atoms with Gasteiger partial charge in [-0.05, 0) is 74.6 Å². The summed E-state index contributed by atoms with van der Waals surface area (Å²) in [6, 6.07) is 0. The van der Waals surface area contributed by atoms with Gasteiger partial charge in [0.15, 0.2) is 5.78 Å². The number of rotatable bonds is 0. The second-order valence-electron chi connectivity index (χ2n) is 8.00. The van der Waals surface area contributed by atoms with E-state index in [2.05, 4.69) is 5.92 Å². The first-order chi connectivity index (χ1) is 11.2. The van der Waals surface area contributed by atoms with E-state index in [0.717, 1.165) is 32.1 Å². The molecule has 3 fully saturated rings. The van der Waals surface area contributed by atoms with Gasteiger partial charge >= 0.3 is 0 Å². The van der Waals surface area contributed by atoms with E-state index in [1.807, 2.05) is 13.0 Å². The number of carbonyl (C=O) groups excluding carboxylic acids is 1. The molecule has 2 heteroatoms. The van der Waals surface area contributed by atoms with Crippen LogP contribution in [0.25, 0.3) is 0 Å². The van der Waals surface area contributed by atoms with E-state index in [-0.39, 0.29) is 11.7 Å². The van der Waals surface area contributed by atoms with Crippen LogP contribution in [-0.2, 0) is 4.79 Å². The summed E-state index contributed by atoms with van der Waals surface area (Å²) in [5.74, 6) is 4.26. The van der Waals surface area contributed by atoms with Gasteiger partial charge < -0.3 is 5.11 Å². The zero-order valence-corrected chi connectivity index (χ0v) is 13.3. The van der Waals surface area contributed by atoms with Gasteiger partial charge in [-0.1, -0.05) is 18.4 Å². The monoisotopic (exact) mass is 302 g/mol.